The number of para-hydroxylation sites is 1. The van der Waals surface area contributed by atoms with Gasteiger partial charge in [-0.15, -0.1) is 0 Å². The summed E-state index contributed by atoms with van der Waals surface area (Å²) < 4.78 is 7.49. The Bertz CT molecular complexity index is 1530. The maximum absolute atomic E-state index is 6.44. The van der Waals surface area contributed by atoms with Gasteiger partial charge in [-0.05, 0) is 57.3 Å². The number of fused-ring (bicyclic) bond motifs is 8. The summed E-state index contributed by atoms with van der Waals surface area (Å²) >= 11 is 3.73. The van der Waals surface area contributed by atoms with Crippen molar-refractivity contribution in [3.8, 4) is 22.6 Å². The smallest absolute Gasteiger partial charge is 0.132 e. The highest BCUT2D eigenvalue weighted by molar-refractivity contribution is 9.10. The van der Waals surface area contributed by atoms with Crippen LogP contribution in [0.3, 0.4) is 0 Å². The molecule has 0 aromatic heterocycles. The van der Waals surface area contributed by atoms with E-state index in [1.165, 1.54) is 44.2 Å². The maximum Gasteiger partial charge on any atom is 0.132 e. The first-order valence-corrected chi connectivity index (χ1v) is 11.3. The van der Waals surface area contributed by atoms with Crippen molar-refractivity contribution in [2.75, 3.05) is 0 Å². The van der Waals surface area contributed by atoms with Crippen molar-refractivity contribution in [2.45, 2.75) is 5.41 Å². The standard InChI is InChI=1S/C29H17BrO/c30-19-15-16-27-25(17-19)29(23-12-3-4-14-26(23)31-27)22-11-2-1-9-20(22)21-10-5-7-18-8-6-13-24(29)28(18)21/h1-17H. The molecule has 1 aliphatic carbocycles. The fraction of sp³-hybridized carbons (Fsp3) is 0.0345. The van der Waals surface area contributed by atoms with Crippen molar-refractivity contribution in [2.24, 2.45) is 0 Å². The molecule has 1 aliphatic heterocycles. The average molecular weight is 461 g/mol. The molecule has 1 nitrogen and oxygen atoms in total. The number of hydrogen-bond donors (Lipinski definition) is 0. The SMILES string of the molecule is Brc1ccc2c(c1)C1(c3ccccc3O2)c2ccccc2-c2cccc3cccc1c23. The number of ether oxygens (including phenoxy) is 1. The fourth-order valence-electron chi connectivity index (χ4n) is 5.66. The zero-order chi connectivity index (χ0) is 20.6. The maximum atomic E-state index is 6.44. The van der Waals surface area contributed by atoms with E-state index in [1.54, 1.807) is 0 Å². The van der Waals surface area contributed by atoms with Crippen molar-refractivity contribution in [3.05, 3.63) is 130 Å². The molecule has 0 bridgehead atoms. The summed E-state index contributed by atoms with van der Waals surface area (Å²) in [6.07, 6.45) is 0. The summed E-state index contributed by atoms with van der Waals surface area (Å²) in [7, 11) is 0. The number of halogens is 1. The molecule has 1 heterocycles. The minimum Gasteiger partial charge on any atom is -0.457 e. The van der Waals surface area contributed by atoms with Crippen LogP contribution in [0.15, 0.2) is 108 Å². The van der Waals surface area contributed by atoms with E-state index >= 15 is 0 Å². The molecular weight excluding hydrogens is 444 g/mol. The lowest BCUT2D eigenvalue weighted by atomic mass is 9.58. The van der Waals surface area contributed by atoms with Gasteiger partial charge in [-0.1, -0.05) is 94.8 Å². The first-order valence-electron chi connectivity index (χ1n) is 10.5. The van der Waals surface area contributed by atoms with Crippen LogP contribution in [0.1, 0.15) is 22.3 Å². The molecule has 2 heteroatoms. The summed E-state index contributed by atoms with van der Waals surface area (Å²) in [6.45, 7) is 0. The molecule has 5 aromatic rings. The van der Waals surface area contributed by atoms with E-state index in [2.05, 4.69) is 119 Å². The Kier molecular flexibility index (Phi) is 3.40. The van der Waals surface area contributed by atoms with Gasteiger partial charge in [-0.2, -0.15) is 0 Å². The van der Waals surface area contributed by atoms with Gasteiger partial charge in [0, 0.05) is 15.6 Å². The van der Waals surface area contributed by atoms with Crippen LogP contribution >= 0.6 is 15.9 Å². The van der Waals surface area contributed by atoms with E-state index in [-0.39, 0.29) is 0 Å². The number of benzene rings is 5. The zero-order valence-electron chi connectivity index (χ0n) is 16.6. The number of rotatable bonds is 0. The third kappa shape index (κ3) is 2.11. The van der Waals surface area contributed by atoms with Gasteiger partial charge in [0.15, 0.2) is 0 Å². The summed E-state index contributed by atoms with van der Waals surface area (Å²) in [6, 6.07) is 37.1. The van der Waals surface area contributed by atoms with E-state index in [9.17, 15) is 0 Å². The molecule has 5 aromatic carbocycles. The normalized spacial score (nSPS) is 17.6. The molecule has 1 spiro atoms. The Morgan fingerprint density at radius 2 is 1.23 bits per heavy atom. The third-order valence-corrected chi connectivity index (χ3v) is 7.28. The van der Waals surface area contributed by atoms with Gasteiger partial charge in [0.1, 0.15) is 11.5 Å². The molecule has 31 heavy (non-hydrogen) atoms. The van der Waals surface area contributed by atoms with Gasteiger partial charge in [0.05, 0.1) is 5.41 Å². The molecule has 0 amide bonds. The Balaban J connectivity index is 1.79. The monoisotopic (exact) mass is 460 g/mol. The van der Waals surface area contributed by atoms with Crippen molar-refractivity contribution < 1.29 is 4.74 Å². The number of hydrogen-bond acceptors (Lipinski definition) is 1. The van der Waals surface area contributed by atoms with Crippen LogP contribution in [0.4, 0.5) is 0 Å². The van der Waals surface area contributed by atoms with E-state index in [1.807, 2.05) is 0 Å². The minimum atomic E-state index is -0.446. The van der Waals surface area contributed by atoms with Gasteiger partial charge < -0.3 is 4.74 Å². The predicted molar refractivity (Wildman–Crippen MR) is 129 cm³/mol. The first-order chi connectivity index (χ1) is 15.3. The van der Waals surface area contributed by atoms with Crippen LogP contribution in [0.25, 0.3) is 21.9 Å². The highest BCUT2D eigenvalue weighted by Gasteiger charge is 2.49. The van der Waals surface area contributed by atoms with E-state index in [0.29, 0.717) is 0 Å². The molecule has 1 unspecified atom stereocenters. The molecule has 0 saturated carbocycles. The zero-order valence-corrected chi connectivity index (χ0v) is 18.2. The van der Waals surface area contributed by atoms with E-state index in [4.69, 9.17) is 4.74 Å². The van der Waals surface area contributed by atoms with Crippen LogP contribution in [-0.2, 0) is 5.41 Å². The first kappa shape index (κ1) is 17.3. The Morgan fingerprint density at radius 3 is 2.13 bits per heavy atom. The Hall–Kier alpha value is -3.36. The molecule has 0 radical (unpaired) electrons. The van der Waals surface area contributed by atoms with Crippen LogP contribution in [0.2, 0.25) is 0 Å². The largest absolute Gasteiger partial charge is 0.457 e. The molecule has 2 aliphatic rings. The summed E-state index contributed by atoms with van der Waals surface area (Å²) in [5, 5.41) is 2.59. The quantitative estimate of drug-likeness (QED) is 0.222. The van der Waals surface area contributed by atoms with Crippen LogP contribution < -0.4 is 4.74 Å². The van der Waals surface area contributed by atoms with Crippen molar-refractivity contribution in [1.29, 1.82) is 0 Å². The lowest BCUT2D eigenvalue weighted by Gasteiger charge is -2.45. The predicted octanol–water partition coefficient (Wildman–Crippen LogP) is 8.07. The minimum absolute atomic E-state index is 0.446. The van der Waals surface area contributed by atoms with Gasteiger partial charge >= 0.3 is 0 Å². The third-order valence-electron chi connectivity index (χ3n) is 6.79. The van der Waals surface area contributed by atoms with Crippen molar-refractivity contribution in [3.63, 3.8) is 0 Å². The molecule has 0 saturated heterocycles. The Morgan fingerprint density at radius 1 is 0.548 bits per heavy atom. The van der Waals surface area contributed by atoms with Gasteiger partial charge in [0.25, 0.3) is 0 Å². The van der Waals surface area contributed by atoms with Gasteiger partial charge in [-0.3, -0.25) is 0 Å². The topological polar surface area (TPSA) is 9.23 Å². The van der Waals surface area contributed by atoms with Crippen molar-refractivity contribution in [1.82, 2.24) is 0 Å². The van der Waals surface area contributed by atoms with E-state index in [0.717, 1.165) is 16.0 Å². The fourth-order valence-corrected chi connectivity index (χ4v) is 6.02. The second kappa shape index (κ2) is 6.09. The summed E-state index contributed by atoms with van der Waals surface area (Å²) in [5.74, 6) is 1.83. The van der Waals surface area contributed by atoms with Crippen LogP contribution in [-0.4, -0.2) is 0 Å². The second-order valence-electron chi connectivity index (χ2n) is 8.24. The van der Waals surface area contributed by atoms with Gasteiger partial charge in [-0.25, -0.2) is 0 Å². The van der Waals surface area contributed by atoms with E-state index < -0.39 is 5.41 Å². The summed E-state index contributed by atoms with van der Waals surface area (Å²) in [4.78, 5) is 0. The van der Waals surface area contributed by atoms with Gasteiger partial charge in [0.2, 0.25) is 0 Å². The summed E-state index contributed by atoms with van der Waals surface area (Å²) in [5.41, 5.74) is 7.12. The van der Waals surface area contributed by atoms with Crippen molar-refractivity contribution >= 4 is 26.7 Å². The highest BCUT2D eigenvalue weighted by Crippen LogP contribution is 2.61. The average Bonchev–Trinajstić information content (AvgIpc) is 2.82. The molecule has 1 atom stereocenters. The lowest BCUT2D eigenvalue weighted by Crippen LogP contribution is -2.36. The molecule has 0 N–H and O–H groups in total. The highest BCUT2D eigenvalue weighted by atomic mass is 79.9. The van der Waals surface area contributed by atoms with Crippen LogP contribution in [0.5, 0.6) is 11.5 Å². The molecular formula is C29H17BrO. The van der Waals surface area contributed by atoms with Crippen LogP contribution in [0, 0.1) is 0 Å². The molecule has 7 rings (SSSR count). The Labute approximate surface area is 189 Å². The lowest BCUT2D eigenvalue weighted by molar-refractivity contribution is 0.435. The second-order valence-corrected chi connectivity index (χ2v) is 9.16. The molecule has 146 valence electrons. The molecule has 0 fully saturated rings.